The highest BCUT2D eigenvalue weighted by atomic mass is 35.5. The highest BCUT2D eigenvalue weighted by molar-refractivity contribution is 7.92. The summed E-state index contributed by atoms with van der Waals surface area (Å²) in [6.45, 7) is 1.67. The molecule has 0 amide bonds. The molecule has 0 fully saturated rings. The van der Waals surface area contributed by atoms with E-state index in [2.05, 4.69) is 4.98 Å². The summed E-state index contributed by atoms with van der Waals surface area (Å²) in [6, 6.07) is 7.89. The molecule has 1 aromatic heterocycles. The second-order valence-electron chi connectivity index (χ2n) is 4.17. The first-order valence-corrected chi connectivity index (χ1v) is 7.89. The molecule has 0 aliphatic heterocycles. The van der Waals surface area contributed by atoms with Crippen molar-refractivity contribution in [3.8, 4) is 0 Å². The summed E-state index contributed by atoms with van der Waals surface area (Å²) in [5.41, 5.74) is 0.509. The monoisotopic (exact) mass is 330 g/mol. The number of rotatable bonds is 3. The predicted octanol–water partition coefficient (Wildman–Crippen LogP) is 3.52. The second-order valence-corrected chi connectivity index (χ2v) is 6.95. The van der Waals surface area contributed by atoms with E-state index in [0.29, 0.717) is 15.6 Å². The highest BCUT2D eigenvalue weighted by Gasteiger charge is 2.24. The first kappa shape index (κ1) is 15.1. The number of hydrogen-bond donors (Lipinski definition) is 0. The number of aromatic nitrogens is 1. The number of halogens is 2. The summed E-state index contributed by atoms with van der Waals surface area (Å²) in [5.74, 6) is 0.286. The van der Waals surface area contributed by atoms with Crippen LogP contribution in [-0.2, 0) is 10.0 Å². The maximum absolute atomic E-state index is 12.6. The molecule has 2 rings (SSSR count). The Hall–Kier alpha value is -1.30. The number of pyridine rings is 1. The fourth-order valence-electron chi connectivity index (χ4n) is 1.69. The topological polar surface area (TPSA) is 50.3 Å². The Morgan fingerprint density at radius 1 is 1.15 bits per heavy atom. The van der Waals surface area contributed by atoms with Gasteiger partial charge in [0.2, 0.25) is 0 Å². The third kappa shape index (κ3) is 2.75. The van der Waals surface area contributed by atoms with Crippen molar-refractivity contribution in [2.75, 3.05) is 11.4 Å². The van der Waals surface area contributed by atoms with E-state index < -0.39 is 10.0 Å². The third-order valence-electron chi connectivity index (χ3n) is 2.89. The zero-order chi connectivity index (χ0) is 14.9. The summed E-state index contributed by atoms with van der Waals surface area (Å²) in [6.07, 6.45) is 1.40. The Morgan fingerprint density at radius 2 is 1.85 bits per heavy atom. The molecule has 20 heavy (non-hydrogen) atoms. The highest BCUT2D eigenvalue weighted by Crippen LogP contribution is 2.27. The number of benzene rings is 1. The van der Waals surface area contributed by atoms with Gasteiger partial charge in [-0.3, -0.25) is 4.31 Å². The van der Waals surface area contributed by atoms with Crippen LogP contribution in [0.3, 0.4) is 0 Å². The Morgan fingerprint density at radius 3 is 2.45 bits per heavy atom. The lowest BCUT2D eigenvalue weighted by atomic mass is 10.2. The van der Waals surface area contributed by atoms with Gasteiger partial charge in [-0.15, -0.1) is 0 Å². The molecule has 106 valence electrons. The van der Waals surface area contributed by atoms with Crippen LogP contribution in [0.1, 0.15) is 5.56 Å². The average Bonchev–Trinajstić information content (AvgIpc) is 2.41. The molecule has 1 heterocycles. The molecule has 0 unspecified atom stereocenters. The standard InChI is InChI=1S/C13H12Cl2N2O2S/c1-9-11(15)4-3-5-12(9)20(18,19)17(2)13-7-6-10(14)8-16-13/h3-8H,1-2H3. The van der Waals surface area contributed by atoms with E-state index in [0.717, 1.165) is 4.31 Å². The molecule has 0 N–H and O–H groups in total. The van der Waals surface area contributed by atoms with Gasteiger partial charge in [-0.25, -0.2) is 13.4 Å². The smallest absolute Gasteiger partial charge is 0.253 e. The lowest BCUT2D eigenvalue weighted by Gasteiger charge is -2.19. The lowest BCUT2D eigenvalue weighted by Crippen LogP contribution is -2.28. The molecule has 7 heteroatoms. The van der Waals surface area contributed by atoms with Crippen LogP contribution >= 0.6 is 23.2 Å². The van der Waals surface area contributed by atoms with Crippen LogP contribution in [0.25, 0.3) is 0 Å². The largest absolute Gasteiger partial charge is 0.265 e. The van der Waals surface area contributed by atoms with Crippen LogP contribution in [0.2, 0.25) is 10.0 Å². The quantitative estimate of drug-likeness (QED) is 0.865. The fourth-order valence-corrected chi connectivity index (χ4v) is 3.43. The molecular weight excluding hydrogens is 319 g/mol. The van der Waals surface area contributed by atoms with E-state index in [1.165, 1.54) is 19.3 Å². The van der Waals surface area contributed by atoms with Gasteiger partial charge in [-0.2, -0.15) is 0 Å². The maximum Gasteiger partial charge on any atom is 0.265 e. The van der Waals surface area contributed by atoms with Crippen molar-refractivity contribution in [2.45, 2.75) is 11.8 Å². The minimum absolute atomic E-state index is 0.157. The van der Waals surface area contributed by atoms with Crippen LogP contribution in [0, 0.1) is 6.92 Å². The van der Waals surface area contributed by atoms with Crippen molar-refractivity contribution in [3.63, 3.8) is 0 Å². The van der Waals surface area contributed by atoms with Crippen molar-refractivity contribution < 1.29 is 8.42 Å². The van der Waals surface area contributed by atoms with Gasteiger partial charge in [0.15, 0.2) is 0 Å². The molecule has 0 saturated heterocycles. The third-order valence-corrected chi connectivity index (χ3v) is 5.43. The molecule has 4 nitrogen and oxygen atoms in total. The zero-order valence-corrected chi connectivity index (χ0v) is 13.2. The molecule has 1 aromatic carbocycles. The Bertz CT molecular complexity index is 731. The molecule has 0 aliphatic rings. The summed E-state index contributed by atoms with van der Waals surface area (Å²) in [4.78, 5) is 4.16. The molecule has 0 spiro atoms. The van der Waals surface area contributed by atoms with Gasteiger partial charge in [0.05, 0.1) is 9.92 Å². The molecule has 0 aliphatic carbocycles. The number of anilines is 1. The van der Waals surface area contributed by atoms with Gasteiger partial charge in [0.25, 0.3) is 10.0 Å². The number of hydrogen-bond acceptors (Lipinski definition) is 3. The molecular formula is C13H12Cl2N2O2S. The Labute approximate surface area is 128 Å². The fraction of sp³-hybridized carbons (Fsp3) is 0.154. The van der Waals surface area contributed by atoms with Crippen molar-refractivity contribution >= 4 is 39.0 Å². The minimum atomic E-state index is -3.71. The Kier molecular flexibility index (Phi) is 4.22. The normalized spacial score (nSPS) is 11.4. The van der Waals surface area contributed by atoms with Gasteiger partial charge >= 0.3 is 0 Å². The second kappa shape index (κ2) is 5.60. The average molecular weight is 331 g/mol. The van der Waals surface area contributed by atoms with Crippen molar-refractivity contribution in [2.24, 2.45) is 0 Å². The van der Waals surface area contributed by atoms with E-state index >= 15 is 0 Å². The SMILES string of the molecule is Cc1c(Cl)cccc1S(=O)(=O)N(C)c1ccc(Cl)cn1. The van der Waals surface area contributed by atoms with Gasteiger partial charge < -0.3 is 0 Å². The van der Waals surface area contributed by atoms with E-state index in [4.69, 9.17) is 23.2 Å². The first-order valence-electron chi connectivity index (χ1n) is 5.69. The number of sulfonamides is 1. The van der Waals surface area contributed by atoms with E-state index in [1.54, 1.807) is 31.2 Å². The predicted molar refractivity (Wildman–Crippen MR) is 81.0 cm³/mol. The van der Waals surface area contributed by atoms with Crippen LogP contribution < -0.4 is 4.31 Å². The summed E-state index contributed by atoms with van der Waals surface area (Å²) >= 11 is 11.7. The van der Waals surface area contributed by atoms with Gasteiger partial charge in [-0.05, 0) is 36.8 Å². The first-order chi connectivity index (χ1) is 9.34. The van der Waals surface area contributed by atoms with E-state index in [9.17, 15) is 8.42 Å². The minimum Gasteiger partial charge on any atom is -0.253 e. The van der Waals surface area contributed by atoms with Crippen molar-refractivity contribution in [1.29, 1.82) is 0 Å². The van der Waals surface area contributed by atoms with E-state index in [1.807, 2.05) is 0 Å². The summed E-state index contributed by atoms with van der Waals surface area (Å²) in [5, 5.41) is 0.849. The molecule has 2 aromatic rings. The lowest BCUT2D eigenvalue weighted by molar-refractivity contribution is 0.593. The van der Waals surface area contributed by atoms with Crippen molar-refractivity contribution in [3.05, 3.63) is 52.1 Å². The van der Waals surface area contributed by atoms with Gasteiger partial charge in [0, 0.05) is 18.3 Å². The molecule has 0 radical (unpaired) electrons. The van der Waals surface area contributed by atoms with E-state index in [-0.39, 0.29) is 10.7 Å². The van der Waals surface area contributed by atoms with Gasteiger partial charge in [0.1, 0.15) is 5.82 Å². The van der Waals surface area contributed by atoms with Crippen molar-refractivity contribution in [1.82, 2.24) is 4.98 Å². The van der Waals surface area contributed by atoms with Crippen LogP contribution in [-0.4, -0.2) is 20.4 Å². The van der Waals surface area contributed by atoms with Crippen LogP contribution in [0.15, 0.2) is 41.4 Å². The molecule has 0 saturated carbocycles. The molecule has 0 atom stereocenters. The maximum atomic E-state index is 12.6. The molecule has 0 bridgehead atoms. The Balaban J connectivity index is 2.49. The van der Waals surface area contributed by atoms with Crippen LogP contribution in [0.5, 0.6) is 0 Å². The van der Waals surface area contributed by atoms with Crippen LogP contribution in [0.4, 0.5) is 5.82 Å². The summed E-state index contributed by atoms with van der Waals surface area (Å²) in [7, 11) is -2.28. The number of nitrogens with zero attached hydrogens (tertiary/aromatic N) is 2. The summed E-state index contributed by atoms with van der Waals surface area (Å²) < 4.78 is 26.3. The van der Waals surface area contributed by atoms with Gasteiger partial charge in [-0.1, -0.05) is 29.3 Å². The zero-order valence-electron chi connectivity index (χ0n) is 10.8.